The molecule has 1 heterocycles. The monoisotopic (exact) mass is 351 g/mol. The van der Waals surface area contributed by atoms with Gasteiger partial charge >= 0.3 is 5.97 Å². The number of carboxylic acid groups (broad SMARTS) is 1. The van der Waals surface area contributed by atoms with E-state index in [2.05, 4.69) is 54.3 Å². The number of hydrogen-bond acceptors (Lipinski definition) is 2. The molecule has 1 unspecified atom stereocenters. The summed E-state index contributed by atoms with van der Waals surface area (Å²) < 4.78 is 0. The molecule has 26 heavy (non-hydrogen) atoms. The zero-order valence-corrected chi connectivity index (χ0v) is 16.1. The topological polar surface area (TPSA) is 40.5 Å². The van der Waals surface area contributed by atoms with E-state index in [0.717, 1.165) is 51.7 Å². The number of nitrogens with zero attached hydrogens (tertiary/aromatic N) is 1. The fourth-order valence-electron chi connectivity index (χ4n) is 4.43. The van der Waals surface area contributed by atoms with Gasteiger partial charge in [-0.15, -0.1) is 0 Å². The molecule has 4 heteroatoms. The summed E-state index contributed by atoms with van der Waals surface area (Å²) in [5.74, 6) is -0.325. The predicted octanol–water partition coefficient (Wildman–Crippen LogP) is 4.12. The van der Waals surface area contributed by atoms with Crippen LogP contribution in [0.2, 0.25) is 5.31 Å². The molecule has 1 N–H and O–H groups in total. The summed E-state index contributed by atoms with van der Waals surface area (Å²) in [6.07, 6.45) is 4.82. The molecule has 0 radical (unpaired) electrons. The van der Waals surface area contributed by atoms with Gasteiger partial charge in [0, 0.05) is 11.9 Å². The first-order chi connectivity index (χ1) is 12.5. The van der Waals surface area contributed by atoms with Crippen molar-refractivity contribution in [3.63, 3.8) is 0 Å². The van der Waals surface area contributed by atoms with Gasteiger partial charge in [-0.25, -0.2) is 0 Å². The fourth-order valence-corrected chi connectivity index (χ4v) is 4.43. The molecule has 0 saturated carbocycles. The Balaban J connectivity index is 1.65. The van der Waals surface area contributed by atoms with Gasteiger partial charge in [0.05, 0.1) is 0 Å². The molecule has 138 valence electrons. The Bertz CT molecular complexity index is 749. The van der Waals surface area contributed by atoms with Crippen LogP contribution in [0.5, 0.6) is 0 Å². The minimum Gasteiger partial charge on any atom is -0.481 e. The van der Waals surface area contributed by atoms with Crippen molar-refractivity contribution in [1.82, 2.24) is 4.90 Å². The third kappa shape index (κ3) is 3.96. The summed E-state index contributed by atoms with van der Waals surface area (Å²) in [7, 11) is 1.97. The Morgan fingerprint density at radius 2 is 1.88 bits per heavy atom. The highest BCUT2D eigenvalue weighted by atomic mass is 16.4. The van der Waals surface area contributed by atoms with E-state index in [1.54, 1.807) is 0 Å². The van der Waals surface area contributed by atoms with Crippen molar-refractivity contribution in [2.24, 2.45) is 5.92 Å². The van der Waals surface area contributed by atoms with E-state index in [-0.39, 0.29) is 5.92 Å². The first-order valence-electron chi connectivity index (χ1n) is 9.97. The van der Waals surface area contributed by atoms with Gasteiger partial charge in [-0.05, 0) is 54.6 Å². The second-order valence-corrected chi connectivity index (χ2v) is 8.01. The van der Waals surface area contributed by atoms with Crippen molar-refractivity contribution in [1.29, 1.82) is 0 Å². The molecule has 2 aromatic rings. The number of benzene rings is 2. The first kappa shape index (κ1) is 19.0. The van der Waals surface area contributed by atoms with Crippen LogP contribution in [0.25, 0.3) is 10.8 Å². The molecule has 2 aromatic carbocycles. The molecule has 3 nitrogen and oxygen atoms in total. The SMILES string of the molecule is BC(CCCC)(C(=O)O)C1CCN(Cc2cccc3ccccc23)CC1. The lowest BCUT2D eigenvalue weighted by atomic mass is 9.56. The summed E-state index contributed by atoms with van der Waals surface area (Å²) in [4.78, 5) is 14.4. The molecule has 1 atom stereocenters. The molecule has 3 rings (SSSR count). The highest BCUT2D eigenvalue weighted by molar-refractivity contribution is 6.27. The number of likely N-dealkylation sites (tertiary alicyclic amines) is 1. The van der Waals surface area contributed by atoms with Crippen molar-refractivity contribution in [3.8, 4) is 0 Å². The summed E-state index contributed by atoms with van der Waals surface area (Å²) in [5, 5.41) is 11.9. The predicted molar refractivity (Wildman–Crippen MR) is 110 cm³/mol. The van der Waals surface area contributed by atoms with E-state index in [4.69, 9.17) is 0 Å². The zero-order valence-electron chi connectivity index (χ0n) is 16.1. The molecule has 0 bridgehead atoms. The van der Waals surface area contributed by atoms with Gasteiger partial charge in [-0.2, -0.15) is 0 Å². The maximum atomic E-state index is 11.9. The van der Waals surface area contributed by atoms with Crippen molar-refractivity contribution in [2.75, 3.05) is 13.1 Å². The summed E-state index contributed by atoms with van der Waals surface area (Å²) >= 11 is 0. The van der Waals surface area contributed by atoms with Crippen LogP contribution in [0, 0.1) is 5.92 Å². The standard InChI is InChI=1S/C22H30BNO2/c1-2-3-13-22(23,21(25)26)19-11-14-24(15-12-19)16-18-9-6-8-17-7-4-5-10-20(17)18/h4-10,19H,2-3,11-16,23H2,1H3,(H,25,26). The quantitative estimate of drug-likeness (QED) is 0.763. The Morgan fingerprint density at radius 1 is 1.19 bits per heavy atom. The van der Waals surface area contributed by atoms with Gasteiger partial charge in [-0.3, -0.25) is 9.69 Å². The second kappa shape index (κ2) is 8.26. The molecule has 1 fully saturated rings. The van der Waals surface area contributed by atoms with Gasteiger partial charge in [0.15, 0.2) is 0 Å². The number of rotatable bonds is 7. The molecule has 0 spiro atoms. The van der Waals surface area contributed by atoms with Crippen molar-refractivity contribution in [3.05, 3.63) is 48.0 Å². The number of hydrogen-bond donors (Lipinski definition) is 1. The molecule has 1 aliphatic rings. The second-order valence-electron chi connectivity index (χ2n) is 8.01. The molecule has 0 amide bonds. The van der Waals surface area contributed by atoms with Crippen LogP contribution < -0.4 is 0 Å². The lowest BCUT2D eigenvalue weighted by molar-refractivity contribution is -0.143. The van der Waals surface area contributed by atoms with Gasteiger partial charge in [0.25, 0.3) is 0 Å². The Hall–Kier alpha value is -1.81. The van der Waals surface area contributed by atoms with Crippen molar-refractivity contribution < 1.29 is 9.90 Å². The van der Waals surface area contributed by atoms with E-state index < -0.39 is 11.3 Å². The van der Waals surface area contributed by atoms with Gasteiger partial charge in [-0.1, -0.05) is 62.2 Å². The smallest absolute Gasteiger partial charge is 0.301 e. The molecular weight excluding hydrogens is 321 g/mol. The number of carboxylic acids is 1. The first-order valence-corrected chi connectivity index (χ1v) is 9.97. The van der Waals surface area contributed by atoms with Gasteiger partial charge in [0.2, 0.25) is 0 Å². The Morgan fingerprint density at radius 3 is 2.58 bits per heavy atom. The van der Waals surface area contributed by atoms with E-state index in [9.17, 15) is 9.90 Å². The Labute approximate surface area is 157 Å². The van der Waals surface area contributed by atoms with Crippen LogP contribution in [0.3, 0.4) is 0 Å². The highest BCUT2D eigenvalue weighted by Gasteiger charge is 2.41. The number of carbonyl (C=O) groups is 1. The van der Waals surface area contributed by atoms with Crippen LogP contribution in [0.15, 0.2) is 42.5 Å². The largest absolute Gasteiger partial charge is 0.481 e. The summed E-state index contributed by atoms with van der Waals surface area (Å²) in [5.41, 5.74) is 1.37. The lowest BCUT2D eigenvalue weighted by Gasteiger charge is -2.40. The molecule has 1 saturated heterocycles. The summed E-state index contributed by atoms with van der Waals surface area (Å²) in [6.45, 7) is 5.06. The average Bonchev–Trinajstić information content (AvgIpc) is 2.67. The van der Waals surface area contributed by atoms with Crippen molar-refractivity contribution in [2.45, 2.75) is 50.9 Å². The van der Waals surface area contributed by atoms with Crippen LogP contribution >= 0.6 is 0 Å². The number of fused-ring (bicyclic) bond motifs is 1. The van der Waals surface area contributed by atoms with E-state index in [1.807, 2.05) is 7.85 Å². The maximum Gasteiger partial charge on any atom is 0.301 e. The van der Waals surface area contributed by atoms with E-state index in [0.29, 0.717) is 0 Å². The van der Waals surface area contributed by atoms with Crippen LogP contribution in [-0.4, -0.2) is 36.9 Å². The fraction of sp³-hybridized carbons (Fsp3) is 0.500. The Kier molecular flexibility index (Phi) is 6.03. The third-order valence-electron chi connectivity index (χ3n) is 6.30. The lowest BCUT2D eigenvalue weighted by Crippen LogP contribution is -2.41. The molecular formula is C22H30BNO2. The summed E-state index contributed by atoms with van der Waals surface area (Å²) in [6, 6.07) is 15.1. The van der Waals surface area contributed by atoms with Crippen LogP contribution in [-0.2, 0) is 11.3 Å². The normalized spacial score (nSPS) is 18.7. The van der Waals surface area contributed by atoms with Gasteiger partial charge in [0.1, 0.15) is 7.85 Å². The minimum absolute atomic E-state index is 0.287. The number of unbranched alkanes of at least 4 members (excludes halogenated alkanes) is 1. The third-order valence-corrected chi connectivity index (χ3v) is 6.30. The van der Waals surface area contributed by atoms with E-state index >= 15 is 0 Å². The molecule has 0 aliphatic carbocycles. The molecule has 1 aliphatic heterocycles. The van der Waals surface area contributed by atoms with E-state index in [1.165, 1.54) is 16.3 Å². The van der Waals surface area contributed by atoms with Crippen LogP contribution in [0.1, 0.15) is 44.6 Å². The van der Waals surface area contributed by atoms with Gasteiger partial charge < -0.3 is 5.11 Å². The maximum absolute atomic E-state index is 11.9. The number of aliphatic carboxylic acids is 1. The molecule has 0 aromatic heterocycles. The van der Waals surface area contributed by atoms with Crippen molar-refractivity contribution >= 4 is 24.6 Å². The number of piperidine rings is 1. The van der Waals surface area contributed by atoms with Crippen LogP contribution in [0.4, 0.5) is 0 Å². The highest BCUT2D eigenvalue weighted by Crippen LogP contribution is 2.44. The average molecular weight is 351 g/mol. The minimum atomic E-state index is -0.613. The zero-order chi connectivity index (χ0) is 18.6.